The number of nitrogens with two attached hydrogens (primary N) is 2. The molecule has 0 radical (unpaired) electrons. The van der Waals surface area contributed by atoms with Crippen LogP contribution in [0.3, 0.4) is 0 Å². The molecule has 3 nitrogen and oxygen atoms in total. The third kappa shape index (κ3) is 1.18. The Bertz CT molecular complexity index is 315. The first-order chi connectivity index (χ1) is 5.57. The lowest BCUT2D eigenvalue weighted by Crippen LogP contribution is -2.04. The largest absolute Gasteiger partial charge is 0.397 e. The number of anilines is 2. The third-order valence-corrected chi connectivity index (χ3v) is 1.52. The minimum absolute atomic E-state index is 0.0713. The van der Waals surface area contributed by atoms with Crippen LogP contribution < -0.4 is 11.5 Å². The number of benzene rings is 1. The normalized spacial score (nSPS) is 10.2. The van der Waals surface area contributed by atoms with Gasteiger partial charge in [-0.05, 0) is 6.07 Å². The van der Waals surface area contributed by atoms with E-state index in [1.807, 2.05) is 0 Å². The molecule has 0 saturated carbocycles. The van der Waals surface area contributed by atoms with Crippen LogP contribution in [0.2, 0.25) is 0 Å². The maximum Gasteiger partial charge on any atom is 0.184 e. The van der Waals surface area contributed by atoms with Crippen LogP contribution in [0.4, 0.5) is 20.2 Å². The molecule has 0 aliphatic heterocycles. The summed E-state index contributed by atoms with van der Waals surface area (Å²) in [6, 6.07) is 1.10. The first-order valence-corrected chi connectivity index (χ1v) is 3.20. The van der Waals surface area contributed by atoms with Crippen LogP contribution in [-0.4, -0.2) is 5.11 Å². The average molecular weight is 174 g/mol. The van der Waals surface area contributed by atoms with E-state index >= 15 is 0 Å². The van der Waals surface area contributed by atoms with E-state index in [0.717, 1.165) is 6.07 Å². The van der Waals surface area contributed by atoms with E-state index in [1.54, 1.807) is 0 Å². The summed E-state index contributed by atoms with van der Waals surface area (Å²) in [6.07, 6.45) is 0. The molecule has 0 fully saturated rings. The maximum atomic E-state index is 12.8. The summed E-state index contributed by atoms with van der Waals surface area (Å²) in [5.74, 6) is -2.36. The number of nitrogen functional groups attached to an aromatic ring is 2. The number of hydrogen-bond acceptors (Lipinski definition) is 3. The fourth-order valence-electron chi connectivity index (χ4n) is 0.830. The van der Waals surface area contributed by atoms with Crippen LogP contribution in [0.5, 0.6) is 0 Å². The lowest BCUT2D eigenvalue weighted by molar-refractivity contribution is 0.273. The summed E-state index contributed by atoms with van der Waals surface area (Å²) in [6.45, 7) is -0.604. The summed E-state index contributed by atoms with van der Waals surface area (Å²) in [4.78, 5) is 0. The topological polar surface area (TPSA) is 72.3 Å². The van der Waals surface area contributed by atoms with Crippen LogP contribution in [0.1, 0.15) is 5.56 Å². The molecule has 12 heavy (non-hydrogen) atoms. The van der Waals surface area contributed by atoms with Crippen molar-refractivity contribution in [3.63, 3.8) is 0 Å². The number of hydrogen-bond donors (Lipinski definition) is 3. The van der Waals surface area contributed by atoms with Crippen LogP contribution >= 0.6 is 0 Å². The molecule has 0 atom stereocenters. The monoisotopic (exact) mass is 174 g/mol. The molecule has 0 bridgehead atoms. The Morgan fingerprint density at radius 2 is 1.83 bits per heavy atom. The van der Waals surface area contributed by atoms with E-state index in [-0.39, 0.29) is 11.3 Å². The molecule has 66 valence electrons. The minimum atomic E-state index is -1.21. The van der Waals surface area contributed by atoms with Gasteiger partial charge in [-0.1, -0.05) is 0 Å². The number of halogens is 2. The zero-order chi connectivity index (χ0) is 9.30. The third-order valence-electron chi connectivity index (χ3n) is 1.52. The van der Waals surface area contributed by atoms with Gasteiger partial charge in [-0.2, -0.15) is 0 Å². The van der Waals surface area contributed by atoms with Gasteiger partial charge in [0.2, 0.25) is 0 Å². The molecule has 5 heteroatoms. The Morgan fingerprint density at radius 3 is 2.33 bits per heavy atom. The Morgan fingerprint density at radius 1 is 1.25 bits per heavy atom. The van der Waals surface area contributed by atoms with Crippen LogP contribution in [0, 0.1) is 11.6 Å². The molecule has 0 saturated heterocycles. The SMILES string of the molecule is Nc1cc(CO)c(F)c(F)c1N. The standard InChI is InChI=1S/C7H8F2N2O/c8-5-3(2-12)1-4(10)7(11)6(5)9/h1,12H,2,10-11H2. The van der Waals surface area contributed by atoms with Crippen molar-refractivity contribution >= 4 is 11.4 Å². The van der Waals surface area contributed by atoms with Crippen molar-refractivity contribution < 1.29 is 13.9 Å². The van der Waals surface area contributed by atoms with Gasteiger partial charge in [0.05, 0.1) is 18.0 Å². The van der Waals surface area contributed by atoms with Gasteiger partial charge in [0.1, 0.15) is 0 Å². The predicted molar refractivity (Wildman–Crippen MR) is 41.1 cm³/mol. The van der Waals surface area contributed by atoms with E-state index < -0.39 is 23.9 Å². The van der Waals surface area contributed by atoms with Gasteiger partial charge in [-0.25, -0.2) is 8.78 Å². The fourth-order valence-corrected chi connectivity index (χ4v) is 0.830. The highest BCUT2D eigenvalue weighted by Crippen LogP contribution is 2.24. The van der Waals surface area contributed by atoms with Gasteiger partial charge < -0.3 is 16.6 Å². The smallest absolute Gasteiger partial charge is 0.184 e. The van der Waals surface area contributed by atoms with Gasteiger partial charge in [-0.15, -0.1) is 0 Å². The number of aliphatic hydroxyl groups is 1. The first kappa shape index (κ1) is 8.73. The molecule has 0 amide bonds. The molecular formula is C7H8F2N2O. The molecule has 1 rings (SSSR count). The summed E-state index contributed by atoms with van der Waals surface area (Å²) in [7, 11) is 0. The highest BCUT2D eigenvalue weighted by atomic mass is 19.2. The minimum Gasteiger partial charge on any atom is -0.397 e. The summed E-state index contributed by atoms with van der Waals surface area (Å²) < 4.78 is 25.5. The fraction of sp³-hybridized carbons (Fsp3) is 0.143. The Kier molecular flexibility index (Phi) is 2.14. The van der Waals surface area contributed by atoms with Gasteiger partial charge >= 0.3 is 0 Å². The van der Waals surface area contributed by atoms with E-state index in [0.29, 0.717) is 0 Å². The molecule has 1 aromatic carbocycles. The zero-order valence-corrected chi connectivity index (χ0v) is 6.14. The maximum absolute atomic E-state index is 12.8. The second kappa shape index (κ2) is 2.94. The molecule has 0 spiro atoms. The highest BCUT2D eigenvalue weighted by molar-refractivity contribution is 5.65. The van der Waals surface area contributed by atoms with Crippen molar-refractivity contribution in [2.45, 2.75) is 6.61 Å². The first-order valence-electron chi connectivity index (χ1n) is 3.20. The second-order valence-electron chi connectivity index (χ2n) is 2.32. The molecule has 0 aliphatic rings. The molecule has 0 unspecified atom stereocenters. The molecule has 1 aromatic rings. The van der Waals surface area contributed by atoms with Crippen molar-refractivity contribution in [3.05, 3.63) is 23.3 Å². The van der Waals surface area contributed by atoms with Crippen molar-refractivity contribution in [3.8, 4) is 0 Å². The second-order valence-corrected chi connectivity index (χ2v) is 2.32. The summed E-state index contributed by atoms with van der Waals surface area (Å²) in [5, 5.41) is 8.56. The van der Waals surface area contributed by atoms with Crippen LogP contribution in [-0.2, 0) is 6.61 Å². The lowest BCUT2D eigenvalue weighted by atomic mass is 10.1. The van der Waals surface area contributed by atoms with Gasteiger partial charge in [0, 0.05) is 5.56 Å². The van der Waals surface area contributed by atoms with Gasteiger partial charge in [0.25, 0.3) is 0 Å². The summed E-state index contributed by atoms with van der Waals surface area (Å²) in [5.41, 5.74) is 9.62. The quantitative estimate of drug-likeness (QED) is 0.546. The molecule has 5 N–H and O–H groups in total. The van der Waals surface area contributed by atoms with Crippen LogP contribution in [0.15, 0.2) is 6.07 Å². The highest BCUT2D eigenvalue weighted by Gasteiger charge is 2.13. The lowest BCUT2D eigenvalue weighted by Gasteiger charge is -2.05. The van der Waals surface area contributed by atoms with E-state index in [2.05, 4.69) is 0 Å². The van der Waals surface area contributed by atoms with Crippen molar-refractivity contribution in [1.82, 2.24) is 0 Å². The van der Waals surface area contributed by atoms with Gasteiger partial charge in [0.15, 0.2) is 11.6 Å². The Balaban J connectivity index is 3.39. The van der Waals surface area contributed by atoms with E-state index in [4.69, 9.17) is 16.6 Å². The van der Waals surface area contributed by atoms with Crippen molar-refractivity contribution in [2.24, 2.45) is 0 Å². The summed E-state index contributed by atoms with van der Waals surface area (Å²) >= 11 is 0. The predicted octanol–water partition coefficient (Wildman–Crippen LogP) is 0.622. The van der Waals surface area contributed by atoms with E-state index in [1.165, 1.54) is 0 Å². The van der Waals surface area contributed by atoms with Crippen molar-refractivity contribution in [2.75, 3.05) is 11.5 Å². The van der Waals surface area contributed by atoms with Gasteiger partial charge in [-0.3, -0.25) is 0 Å². The van der Waals surface area contributed by atoms with Crippen molar-refractivity contribution in [1.29, 1.82) is 0 Å². The average Bonchev–Trinajstić information content (AvgIpc) is 2.08. The zero-order valence-electron chi connectivity index (χ0n) is 6.14. The molecule has 0 aliphatic carbocycles. The molecular weight excluding hydrogens is 166 g/mol. The Labute approximate surface area is 67.6 Å². The molecule has 0 heterocycles. The molecule has 0 aromatic heterocycles. The number of aliphatic hydroxyl groups excluding tert-OH is 1. The van der Waals surface area contributed by atoms with E-state index in [9.17, 15) is 8.78 Å². The Hall–Kier alpha value is -1.36. The number of rotatable bonds is 1. The van der Waals surface area contributed by atoms with Crippen LogP contribution in [0.25, 0.3) is 0 Å².